The van der Waals surface area contributed by atoms with Crippen molar-refractivity contribution in [1.29, 1.82) is 0 Å². The Hall–Kier alpha value is -2.21. The van der Waals surface area contributed by atoms with E-state index in [2.05, 4.69) is 15.5 Å². The van der Waals surface area contributed by atoms with E-state index < -0.39 is 0 Å². The van der Waals surface area contributed by atoms with E-state index in [1.54, 1.807) is 6.33 Å². The molecule has 1 aliphatic rings. The van der Waals surface area contributed by atoms with Crippen molar-refractivity contribution in [2.45, 2.75) is 38.5 Å². The van der Waals surface area contributed by atoms with E-state index in [1.165, 1.54) is 19.3 Å². The molecule has 0 radical (unpaired) electrons. The molecule has 1 amide bonds. The summed E-state index contributed by atoms with van der Waals surface area (Å²) in [5, 5.41) is 11.0. The van der Waals surface area contributed by atoms with Crippen LogP contribution < -0.4 is 11.1 Å². The molecule has 1 heterocycles. The molecule has 1 saturated carbocycles. The predicted molar refractivity (Wildman–Crippen MR) is 94.3 cm³/mol. The quantitative estimate of drug-likeness (QED) is 0.884. The van der Waals surface area contributed by atoms with Gasteiger partial charge in [0.1, 0.15) is 6.33 Å². The van der Waals surface area contributed by atoms with Crippen molar-refractivity contribution in [2.75, 3.05) is 11.9 Å². The van der Waals surface area contributed by atoms with Crippen LogP contribution in [0.25, 0.3) is 11.4 Å². The Labute approximate surface area is 142 Å². The van der Waals surface area contributed by atoms with Crippen LogP contribution in [-0.2, 0) is 11.8 Å². The van der Waals surface area contributed by atoms with Gasteiger partial charge in [0.05, 0.1) is 0 Å². The molecular weight excluding hydrogens is 302 g/mol. The molecule has 6 heteroatoms. The smallest absolute Gasteiger partial charge is 0.224 e. The Kier molecular flexibility index (Phi) is 4.94. The number of aromatic nitrogens is 3. The molecule has 0 spiro atoms. The predicted octanol–water partition coefficient (Wildman–Crippen LogP) is 2.72. The minimum absolute atomic E-state index is 0.0243. The Morgan fingerprint density at radius 3 is 2.79 bits per heavy atom. The van der Waals surface area contributed by atoms with Crippen LogP contribution in [0, 0.1) is 5.41 Å². The standard InChI is InChI=1S/C18H25N5O/c1-23-13-20-22-17(23)14-6-5-7-15(10-14)21-16(24)11-18(12-19)8-3-2-4-9-18/h5-7,10,13H,2-4,8-9,11-12,19H2,1H3,(H,21,24). The second-order valence-corrected chi connectivity index (χ2v) is 6.84. The van der Waals surface area contributed by atoms with E-state index >= 15 is 0 Å². The van der Waals surface area contributed by atoms with Gasteiger partial charge < -0.3 is 15.6 Å². The normalized spacial score (nSPS) is 16.8. The molecule has 6 nitrogen and oxygen atoms in total. The summed E-state index contributed by atoms with van der Waals surface area (Å²) < 4.78 is 1.85. The first-order valence-corrected chi connectivity index (χ1v) is 8.56. The van der Waals surface area contributed by atoms with Crippen molar-refractivity contribution in [1.82, 2.24) is 14.8 Å². The molecule has 2 aromatic rings. The van der Waals surface area contributed by atoms with E-state index in [9.17, 15) is 4.79 Å². The number of carbonyl (C=O) groups excluding carboxylic acids is 1. The number of anilines is 1. The molecule has 1 fully saturated rings. The van der Waals surface area contributed by atoms with Crippen molar-refractivity contribution >= 4 is 11.6 Å². The maximum atomic E-state index is 12.5. The number of aryl methyl sites for hydroxylation is 1. The molecule has 0 saturated heterocycles. The van der Waals surface area contributed by atoms with Gasteiger partial charge in [0.25, 0.3) is 0 Å². The molecule has 3 rings (SSSR count). The highest BCUT2D eigenvalue weighted by Gasteiger charge is 2.32. The molecule has 0 aliphatic heterocycles. The van der Waals surface area contributed by atoms with Crippen molar-refractivity contribution in [3.8, 4) is 11.4 Å². The summed E-state index contributed by atoms with van der Waals surface area (Å²) in [6.45, 7) is 0.583. The first-order valence-electron chi connectivity index (χ1n) is 8.56. The van der Waals surface area contributed by atoms with Gasteiger partial charge in [0.15, 0.2) is 5.82 Å². The molecule has 128 valence electrons. The fourth-order valence-electron chi connectivity index (χ4n) is 3.58. The largest absolute Gasteiger partial charge is 0.330 e. The van der Waals surface area contributed by atoms with Gasteiger partial charge in [0, 0.05) is 24.7 Å². The summed E-state index contributed by atoms with van der Waals surface area (Å²) >= 11 is 0. The lowest BCUT2D eigenvalue weighted by atomic mass is 9.71. The number of hydrogen-bond acceptors (Lipinski definition) is 4. The fraction of sp³-hybridized carbons (Fsp3) is 0.500. The van der Waals surface area contributed by atoms with Gasteiger partial charge >= 0.3 is 0 Å². The molecule has 0 bridgehead atoms. The average Bonchev–Trinajstić information content (AvgIpc) is 3.02. The van der Waals surface area contributed by atoms with E-state index in [-0.39, 0.29) is 11.3 Å². The van der Waals surface area contributed by atoms with E-state index in [4.69, 9.17) is 5.73 Å². The van der Waals surface area contributed by atoms with Gasteiger partial charge in [-0.2, -0.15) is 0 Å². The summed E-state index contributed by atoms with van der Waals surface area (Å²) in [7, 11) is 1.90. The molecule has 1 aromatic carbocycles. The average molecular weight is 327 g/mol. The third-order valence-corrected chi connectivity index (χ3v) is 5.00. The third-order valence-electron chi connectivity index (χ3n) is 5.00. The Balaban J connectivity index is 1.69. The third kappa shape index (κ3) is 3.64. The maximum Gasteiger partial charge on any atom is 0.224 e. The summed E-state index contributed by atoms with van der Waals surface area (Å²) in [5.74, 6) is 0.814. The van der Waals surface area contributed by atoms with E-state index in [0.717, 1.165) is 29.9 Å². The minimum atomic E-state index is -0.0243. The summed E-state index contributed by atoms with van der Waals surface area (Å²) in [4.78, 5) is 12.5. The van der Waals surface area contributed by atoms with E-state index in [0.29, 0.717) is 13.0 Å². The number of amides is 1. The molecule has 3 N–H and O–H groups in total. The second kappa shape index (κ2) is 7.13. The lowest BCUT2D eigenvalue weighted by Crippen LogP contribution is -2.36. The molecule has 0 atom stereocenters. The SMILES string of the molecule is Cn1cnnc1-c1cccc(NC(=O)CC2(CN)CCCCC2)c1. The van der Waals surface area contributed by atoms with Crippen LogP contribution in [-0.4, -0.2) is 27.2 Å². The topological polar surface area (TPSA) is 85.8 Å². The van der Waals surface area contributed by atoms with Gasteiger partial charge in [-0.1, -0.05) is 31.4 Å². The van der Waals surface area contributed by atoms with Crippen LogP contribution in [0.5, 0.6) is 0 Å². The molecule has 0 unspecified atom stereocenters. The van der Waals surface area contributed by atoms with Crippen molar-refractivity contribution in [2.24, 2.45) is 18.2 Å². The number of hydrogen-bond donors (Lipinski definition) is 2. The Morgan fingerprint density at radius 2 is 2.12 bits per heavy atom. The number of nitrogens with zero attached hydrogens (tertiary/aromatic N) is 3. The summed E-state index contributed by atoms with van der Waals surface area (Å²) in [5.41, 5.74) is 7.67. The zero-order valence-corrected chi connectivity index (χ0v) is 14.2. The fourth-order valence-corrected chi connectivity index (χ4v) is 3.58. The highest BCUT2D eigenvalue weighted by molar-refractivity contribution is 5.91. The number of benzene rings is 1. The van der Waals surface area contributed by atoms with E-state index in [1.807, 2.05) is 35.9 Å². The highest BCUT2D eigenvalue weighted by Crippen LogP contribution is 2.38. The van der Waals surface area contributed by atoms with Crippen LogP contribution in [0.2, 0.25) is 0 Å². The number of carbonyl (C=O) groups is 1. The summed E-state index contributed by atoms with van der Waals surface area (Å²) in [6.07, 6.45) is 7.86. The lowest BCUT2D eigenvalue weighted by Gasteiger charge is -2.35. The molecule has 1 aliphatic carbocycles. The zero-order chi connectivity index (χ0) is 17.0. The zero-order valence-electron chi connectivity index (χ0n) is 14.2. The van der Waals surface area contributed by atoms with Crippen molar-refractivity contribution < 1.29 is 4.79 Å². The van der Waals surface area contributed by atoms with Gasteiger partial charge in [0.2, 0.25) is 5.91 Å². The van der Waals surface area contributed by atoms with Crippen LogP contribution in [0.3, 0.4) is 0 Å². The second-order valence-electron chi connectivity index (χ2n) is 6.84. The first kappa shape index (κ1) is 16.6. The van der Waals surface area contributed by atoms with Crippen LogP contribution >= 0.6 is 0 Å². The van der Waals surface area contributed by atoms with Crippen LogP contribution in [0.15, 0.2) is 30.6 Å². The summed E-state index contributed by atoms with van der Waals surface area (Å²) in [6, 6.07) is 7.70. The first-order chi connectivity index (χ1) is 11.6. The van der Waals surface area contributed by atoms with Crippen molar-refractivity contribution in [3.05, 3.63) is 30.6 Å². The molecule has 1 aromatic heterocycles. The van der Waals surface area contributed by atoms with Crippen molar-refractivity contribution in [3.63, 3.8) is 0 Å². The highest BCUT2D eigenvalue weighted by atomic mass is 16.1. The maximum absolute atomic E-state index is 12.5. The molecule has 24 heavy (non-hydrogen) atoms. The van der Waals surface area contributed by atoms with Crippen LogP contribution in [0.1, 0.15) is 38.5 Å². The molecular formula is C18H25N5O. The monoisotopic (exact) mass is 327 g/mol. The van der Waals surface area contributed by atoms with Crippen LogP contribution in [0.4, 0.5) is 5.69 Å². The lowest BCUT2D eigenvalue weighted by molar-refractivity contribution is -0.118. The Morgan fingerprint density at radius 1 is 1.33 bits per heavy atom. The van der Waals surface area contributed by atoms with Gasteiger partial charge in [-0.15, -0.1) is 10.2 Å². The minimum Gasteiger partial charge on any atom is -0.330 e. The van der Waals surface area contributed by atoms with Gasteiger partial charge in [-0.25, -0.2) is 0 Å². The van der Waals surface area contributed by atoms with Gasteiger partial charge in [-0.3, -0.25) is 4.79 Å². The number of rotatable bonds is 5. The number of nitrogens with one attached hydrogen (secondary N) is 1. The van der Waals surface area contributed by atoms with Gasteiger partial charge in [-0.05, 0) is 36.9 Å². The Bertz CT molecular complexity index is 703. The number of nitrogens with two attached hydrogens (primary N) is 1.